The summed E-state index contributed by atoms with van der Waals surface area (Å²) >= 11 is 0. The van der Waals surface area contributed by atoms with E-state index in [4.69, 9.17) is 9.47 Å². The fraction of sp³-hybridized carbons (Fsp3) is 0.250. The molecule has 2 N–H and O–H groups in total. The third-order valence-electron chi connectivity index (χ3n) is 2.70. The first-order valence-electron chi connectivity index (χ1n) is 6.92. The molecule has 116 valence electrons. The van der Waals surface area contributed by atoms with Gasteiger partial charge in [-0.25, -0.2) is 9.78 Å². The maximum atomic E-state index is 11.6. The molecule has 0 fully saturated rings. The highest BCUT2D eigenvalue weighted by Gasteiger charge is 2.04. The van der Waals surface area contributed by atoms with E-state index in [1.54, 1.807) is 37.6 Å². The van der Waals surface area contributed by atoms with Crippen LogP contribution in [0.15, 0.2) is 42.6 Å². The lowest BCUT2D eigenvalue weighted by Crippen LogP contribution is -2.34. The minimum atomic E-state index is -0.263. The van der Waals surface area contributed by atoms with E-state index in [1.807, 2.05) is 26.0 Å². The highest BCUT2D eigenvalue weighted by atomic mass is 16.5. The number of nitrogens with one attached hydrogen (secondary N) is 2. The molecule has 0 saturated carbocycles. The van der Waals surface area contributed by atoms with E-state index >= 15 is 0 Å². The van der Waals surface area contributed by atoms with E-state index in [0.29, 0.717) is 17.3 Å². The SMILES string of the molecule is COc1ccc(Oc2ccc(NC(=O)NC(C)C)cn2)cc1. The van der Waals surface area contributed by atoms with E-state index in [1.165, 1.54) is 0 Å². The number of urea groups is 1. The number of hydrogen-bond donors (Lipinski definition) is 2. The molecular weight excluding hydrogens is 282 g/mol. The lowest BCUT2D eigenvalue weighted by Gasteiger charge is -2.10. The van der Waals surface area contributed by atoms with Crippen LogP contribution in [0.4, 0.5) is 10.5 Å². The molecule has 1 aromatic carbocycles. The molecule has 6 heteroatoms. The average molecular weight is 301 g/mol. The number of methoxy groups -OCH3 is 1. The number of rotatable bonds is 5. The number of ether oxygens (including phenoxy) is 2. The van der Waals surface area contributed by atoms with E-state index < -0.39 is 0 Å². The van der Waals surface area contributed by atoms with Gasteiger partial charge in [-0.15, -0.1) is 0 Å². The monoisotopic (exact) mass is 301 g/mol. The molecule has 1 aromatic heterocycles. The molecule has 0 bridgehead atoms. The van der Waals surface area contributed by atoms with Crippen molar-refractivity contribution in [3.63, 3.8) is 0 Å². The first-order chi connectivity index (χ1) is 10.6. The first-order valence-corrected chi connectivity index (χ1v) is 6.92. The third-order valence-corrected chi connectivity index (χ3v) is 2.70. The van der Waals surface area contributed by atoms with Gasteiger partial charge in [-0.2, -0.15) is 0 Å². The zero-order valence-electron chi connectivity index (χ0n) is 12.8. The van der Waals surface area contributed by atoms with Crippen LogP contribution < -0.4 is 20.1 Å². The van der Waals surface area contributed by atoms with Crippen LogP contribution in [-0.2, 0) is 0 Å². The molecule has 0 aliphatic rings. The summed E-state index contributed by atoms with van der Waals surface area (Å²) in [4.78, 5) is 15.7. The van der Waals surface area contributed by atoms with Crippen LogP contribution >= 0.6 is 0 Å². The number of anilines is 1. The summed E-state index contributed by atoms with van der Waals surface area (Å²) in [7, 11) is 1.61. The Labute approximate surface area is 129 Å². The minimum absolute atomic E-state index is 0.0747. The molecule has 0 aliphatic carbocycles. The topological polar surface area (TPSA) is 72.5 Å². The van der Waals surface area contributed by atoms with Gasteiger partial charge in [0.2, 0.25) is 5.88 Å². The maximum Gasteiger partial charge on any atom is 0.319 e. The Balaban J connectivity index is 1.94. The quantitative estimate of drug-likeness (QED) is 0.887. The highest BCUT2D eigenvalue weighted by Crippen LogP contribution is 2.22. The van der Waals surface area contributed by atoms with Gasteiger partial charge in [0.1, 0.15) is 11.5 Å². The number of pyridine rings is 1. The summed E-state index contributed by atoms with van der Waals surface area (Å²) in [5.74, 6) is 1.86. The fourth-order valence-corrected chi connectivity index (χ4v) is 1.71. The van der Waals surface area contributed by atoms with Gasteiger partial charge in [-0.05, 0) is 44.2 Å². The van der Waals surface area contributed by atoms with Crippen molar-refractivity contribution in [3.05, 3.63) is 42.6 Å². The standard InChI is InChI=1S/C16H19N3O3/c1-11(2)18-16(20)19-12-4-9-15(17-10-12)22-14-7-5-13(21-3)6-8-14/h4-11H,1-3H3,(H2,18,19,20). The van der Waals surface area contributed by atoms with Gasteiger partial charge in [0.15, 0.2) is 0 Å². The molecule has 0 spiro atoms. The summed E-state index contributed by atoms with van der Waals surface area (Å²) in [6, 6.07) is 10.4. The van der Waals surface area contributed by atoms with Crippen LogP contribution in [-0.4, -0.2) is 24.2 Å². The van der Waals surface area contributed by atoms with Crippen LogP contribution in [0, 0.1) is 0 Å². The maximum absolute atomic E-state index is 11.6. The highest BCUT2D eigenvalue weighted by molar-refractivity contribution is 5.89. The van der Waals surface area contributed by atoms with Gasteiger partial charge in [-0.1, -0.05) is 0 Å². The van der Waals surface area contributed by atoms with E-state index in [9.17, 15) is 4.79 Å². The Morgan fingerprint density at radius 2 is 1.77 bits per heavy atom. The van der Waals surface area contributed by atoms with Gasteiger partial charge in [0.25, 0.3) is 0 Å². The van der Waals surface area contributed by atoms with Gasteiger partial charge in [0.05, 0.1) is 19.0 Å². The van der Waals surface area contributed by atoms with Crippen molar-refractivity contribution in [3.8, 4) is 17.4 Å². The molecule has 0 unspecified atom stereocenters. The smallest absolute Gasteiger partial charge is 0.319 e. The number of carbonyl (C=O) groups is 1. The van der Waals surface area contributed by atoms with E-state index in [0.717, 1.165) is 5.75 Å². The molecule has 0 atom stereocenters. The van der Waals surface area contributed by atoms with Crippen molar-refractivity contribution in [2.24, 2.45) is 0 Å². The second-order valence-electron chi connectivity index (χ2n) is 4.92. The number of hydrogen-bond acceptors (Lipinski definition) is 4. The van der Waals surface area contributed by atoms with Crippen molar-refractivity contribution < 1.29 is 14.3 Å². The normalized spacial score (nSPS) is 10.2. The van der Waals surface area contributed by atoms with Gasteiger partial charge in [-0.3, -0.25) is 0 Å². The molecule has 2 aromatic rings. The molecular formula is C16H19N3O3. The number of aromatic nitrogens is 1. The number of nitrogens with zero attached hydrogens (tertiary/aromatic N) is 1. The molecule has 0 aliphatic heterocycles. The lowest BCUT2D eigenvalue weighted by molar-refractivity contribution is 0.250. The number of amides is 2. The Bertz CT molecular complexity index is 610. The first kappa shape index (κ1) is 15.6. The fourth-order valence-electron chi connectivity index (χ4n) is 1.71. The van der Waals surface area contributed by atoms with Crippen molar-refractivity contribution in [2.75, 3.05) is 12.4 Å². The lowest BCUT2D eigenvalue weighted by atomic mass is 10.3. The Morgan fingerprint density at radius 3 is 2.32 bits per heavy atom. The molecule has 2 rings (SSSR count). The molecule has 0 saturated heterocycles. The molecule has 22 heavy (non-hydrogen) atoms. The number of benzene rings is 1. The van der Waals surface area contributed by atoms with Crippen molar-refractivity contribution >= 4 is 11.7 Å². The van der Waals surface area contributed by atoms with E-state index in [2.05, 4.69) is 15.6 Å². The second kappa shape index (κ2) is 7.31. The van der Waals surface area contributed by atoms with Gasteiger partial charge < -0.3 is 20.1 Å². The molecule has 1 heterocycles. The van der Waals surface area contributed by atoms with Crippen LogP contribution in [0.1, 0.15) is 13.8 Å². The largest absolute Gasteiger partial charge is 0.497 e. The summed E-state index contributed by atoms with van der Waals surface area (Å²) in [6.07, 6.45) is 1.54. The Kier molecular flexibility index (Phi) is 5.19. The van der Waals surface area contributed by atoms with Crippen LogP contribution in [0.3, 0.4) is 0 Å². The van der Waals surface area contributed by atoms with Crippen LogP contribution in [0.25, 0.3) is 0 Å². The number of carbonyl (C=O) groups excluding carboxylic acids is 1. The van der Waals surface area contributed by atoms with Gasteiger partial charge in [0, 0.05) is 12.1 Å². The van der Waals surface area contributed by atoms with Gasteiger partial charge >= 0.3 is 6.03 Å². The Morgan fingerprint density at radius 1 is 1.09 bits per heavy atom. The van der Waals surface area contributed by atoms with Crippen molar-refractivity contribution in [2.45, 2.75) is 19.9 Å². The minimum Gasteiger partial charge on any atom is -0.497 e. The molecule has 6 nitrogen and oxygen atoms in total. The Hall–Kier alpha value is -2.76. The predicted octanol–water partition coefficient (Wildman–Crippen LogP) is 3.41. The zero-order chi connectivity index (χ0) is 15.9. The average Bonchev–Trinajstić information content (AvgIpc) is 2.49. The molecule has 0 radical (unpaired) electrons. The summed E-state index contributed by atoms with van der Waals surface area (Å²) in [5, 5.41) is 5.43. The predicted molar refractivity (Wildman–Crippen MR) is 84.6 cm³/mol. The van der Waals surface area contributed by atoms with Crippen molar-refractivity contribution in [1.82, 2.24) is 10.3 Å². The van der Waals surface area contributed by atoms with E-state index in [-0.39, 0.29) is 12.1 Å². The zero-order valence-corrected chi connectivity index (χ0v) is 12.8. The summed E-state index contributed by atoms with van der Waals surface area (Å²) in [6.45, 7) is 3.78. The second-order valence-corrected chi connectivity index (χ2v) is 4.92. The third kappa shape index (κ3) is 4.66. The molecule has 2 amide bonds. The summed E-state index contributed by atoms with van der Waals surface area (Å²) < 4.78 is 10.7. The van der Waals surface area contributed by atoms with Crippen LogP contribution in [0.2, 0.25) is 0 Å². The van der Waals surface area contributed by atoms with Crippen molar-refractivity contribution in [1.29, 1.82) is 0 Å². The summed E-state index contributed by atoms with van der Waals surface area (Å²) in [5.41, 5.74) is 0.597. The van der Waals surface area contributed by atoms with Crippen LogP contribution in [0.5, 0.6) is 17.4 Å².